The quantitative estimate of drug-likeness (QED) is 0.741. The highest BCUT2D eigenvalue weighted by Crippen LogP contribution is 2.28. The number of hydrogen-bond donors (Lipinski definition) is 1. The average Bonchev–Trinajstić information content (AvgIpc) is 2.94. The molecule has 0 saturated carbocycles. The number of nitrogens with one attached hydrogen (secondary N) is 1. The Morgan fingerprint density at radius 3 is 2.56 bits per heavy atom. The third kappa shape index (κ3) is 4.43. The van der Waals surface area contributed by atoms with Gasteiger partial charge in [-0.2, -0.15) is 0 Å². The number of sulfone groups is 1. The number of rotatable bonds is 5. The van der Waals surface area contributed by atoms with E-state index in [1.807, 2.05) is 31.2 Å². The summed E-state index contributed by atoms with van der Waals surface area (Å²) in [7, 11) is -3.26. The van der Waals surface area contributed by atoms with Crippen molar-refractivity contribution < 1.29 is 13.2 Å². The Balaban J connectivity index is 1.67. The maximum Gasteiger partial charge on any atom is 0.226 e. The van der Waals surface area contributed by atoms with Gasteiger partial charge in [0, 0.05) is 12.7 Å². The van der Waals surface area contributed by atoms with Crippen LogP contribution >= 0.6 is 11.3 Å². The van der Waals surface area contributed by atoms with E-state index in [0.717, 1.165) is 10.3 Å². The third-order valence-electron chi connectivity index (χ3n) is 3.80. The number of anilines is 1. The van der Waals surface area contributed by atoms with E-state index in [1.165, 1.54) is 29.2 Å². The van der Waals surface area contributed by atoms with Gasteiger partial charge in [0.05, 0.1) is 15.1 Å². The van der Waals surface area contributed by atoms with Gasteiger partial charge in [-0.1, -0.05) is 41.2 Å². The molecule has 25 heavy (non-hydrogen) atoms. The lowest BCUT2D eigenvalue weighted by molar-refractivity contribution is -0.116. The number of aryl methyl sites for hydroxylation is 2. The first-order valence-electron chi connectivity index (χ1n) is 7.77. The van der Waals surface area contributed by atoms with Crippen LogP contribution in [0.15, 0.2) is 47.4 Å². The Hall–Kier alpha value is -2.25. The third-order valence-corrected chi connectivity index (χ3v) is 5.84. The first-order chi connectivity index (χ1) is 11.8. The summed E-state index contributed by atoms with van der Waals surface area (Å²) in [5.41, 5.74) is 2.98. The minimum Gasteiger partial charge on any atom is -0.302 e. The van der Waals surface area contributed by atoms with Crippen LogP contribution in [0.5, 0.6) is 0 Å². The molecule has 1 amide bonds. The van der Waals surface area contributed by atoms with Gasteiger partial charge >= 0.3 is 0 Å². The zero-order valence-corrected chi connectivity index (χ0v) is 15.6. The minimum absolute atomic E-state index is 0.108. The number of carbonyl (C=O) groups is 1. The van der Waals surface area contributed by atoms with Crippen molar-refractivity contribution >= 4 is 42.4 Å². The van der Waals surface area contributed by atoms with Crippen molar-refractivity contribution in [2.75, 3.05) is 11.6 Å². The van der Waals surface area contributed by atoms with Crippen molar-refractivity contribution in [2.45, 2.75) is 24.7 Å². The molecule has 130 valence electrons. The smallest absolute Gasteiger partial charge is 0.226 e. The van der Waals surface area contributed by atoms with E-state index in [4.69, 9.17) is 0 Å². The molecular formula is C18H18N2O3S2. The summed E-state index contributed by atoms with van der Waals surface area (Å²) >= 11 is 1.27. The van der Waals surface area contributed by atoms with Crippen molar-refractivity contribution in [3.63, 3.8) is 0 Å². The van der Waals surface area contributed by atoms with Crippen molar-refractivity contribution in [2.24, 2.45) is 0 Å². The maximum absolute atomic E-state index is 12.1. The normalized spacial score (nSPS) is 11.6. The van der Waals surface area contributed by atoms with Gasteiger partial charge < -0.3 is 5.32 Å². The lowest BCUT2D eigenvalue weighted by Gasteiger charge is -2.02. The fourth-order valence-electron chi connectivity index (χ4n) is 2.38. The van der Waals surface area contributed by atoms with E-state index in [1.54, 1.807) is 12.1 Å². The molecule has 0 atom stereocenters. The molecule has 1 aromatic heterocycles. The second kappa shape index (κ2) is 6.93. The number of thiazole rings is 1. The van der Waals surface area contributed by atoms with E-state index >= 15 is 0 Å². The Labute approximate surface area is 150 Å². The van der Waals surface area contributed by atoms with Crippen LogP contribution in [0.3, 0.4) is 0 Å². The Morgan fingerprint density at radius 2 is 1.88 bits per heavy atom. The van der Waals surface area contributed by atoms with Crippen molar-refractivity contribution in [3.8, 4) is 0 Å². The highest BCUT2D eigenvalue weighted by atomic mass is 32.2. The molecule has 1 heterocycles. The first kappa shape index (κ1) is 17.6. The Morgan fingerprint density at radius 1 is 1.16 bits per heavy atom. The fourth-order valence-corrected chi connectivity index (χ4v) is 4.03. The molecular weight excluding hydrogens is 356 g/mol. The fraction of sp³-hybridized carbons (Fsp3) is 0.222. The van der Waals surface area contributed by atoms with Crippen molar-refractivity contribution in [1.82, 2.24) is 4.98 Å². The predicted molar refractivity (Wildman–Crippen MR) is 101 cm³/mol. The highest BCUT2D eigenvalue weighted by molar-refractivity contribution is 7.90. The molecule has 3 aromatic rings. The van der Waals surface area contributed by atoms with E-state index in [9.17, 15) is 13.2 Å². The lowest BCUT2D eigenvalue weighted by atomic mass is 10.1. The monoisotopic (exact) mass is 374 g/mol. The standard InChI is InChI=1S/C18H18N2O3S2/c1-12-3-5-13(6-4-12)7-10-17(21)20-18-19-15-9-8-14(25(2,22)23)11-16(15)24-18/h3-6,8-9,11H,7,10H2,1-2H3,(H,19,20,21). The second-order valence-corrected chi connectivity index (χ2v) is 9.00. The van der Waals surface area contributed by atoms with Crippen molar-refractivity contribution in [1.29, 1.82) is 0 Å². The van der Waals surface area contributed by atoms with Crippen LogP contribution in [0.2, 0.25) is 0 Å². The van der Waals surface area contributed by atoms with E-state index in [2.05, 4.69) is 10.3 Å². The van der Waals surface area contributed by atoms with Crippen LogP contribution in [-0.4, -0.2) is 25.6 Å². The van der Waals surface area contributed by atoms with Gasteiger partial charge in [-0.3, -0.25) is 4.79 Å². The number of hydrogen-bond acceptors (Lipinski definition) is 5. The molecule has 2 aromatic carbocycles. The van der Waals surface area contributed by atoms with Crippen LogP contribution < -0.4 is 5.32 Å². The zero-order valence-electron chi connectivity index (χ0n) is 13.9. The van der Waals surface area contributed by atoms with Gasteiger partial charge in [0.15, 0.2) is 15.0 Å². The molecule has 1 N–H and O–H groups in total. The van der Waals surface area contributed by atoms with Gasteiger partial charge in [0.25, 0.3) is 0 Å². The molecule has 3 rings (SSSR count). The van der Waals surface area contributed by atoms with Crippen LogP contribution in [0.1, 0.15) is 17.5 Å². The van der Waals surface area contributed by atoms with Crippen LogP contribution in [0.4, 0.5) is 5.13 Å². The highest BCUT2D eigenvalue weighted by Gasteiger charge is 2.12. The largest absolute Gasteiger partial charge is 0.302 e. The summed E-state index contributed by atoms with van der Waals surface area (Å²) < 4.78 is 24.0. The number of carbonyl (C=O) groups excluding carboxylic acids is 1. The van der Waals surface area contributed by atoms with Crippen LogP contribution in [-0.2, 0) is 21.1 Å². The summed E-state index contributed by atoms with van der Waals surface area (Å²) in [6, 6.07) is 12.9. The summed E-state index contributed by atoms with van der Waals surface area (Å²) in [6.45, 7) is 2.03. The molecule has 0 aliphatic rings. The molecule has 7 heteroatoms. The van der Waals surface area contributed by atoms with Crippen LogP contribution in [0.25, 0.3) is 10.2 Å². The molecule has 0 radical (unpaired) electrons. The number of fused-ring (bicyclic) bond motifs is 1. The lowest BCUT2D eigenvalue weighted by Crippen LogP contribution is -2.12. The molecule has 0 spiro atoms. The first-order valence-corrected chi connectivity index (χ1v) is 10.5. The zero-order chi connectivity index (χ0) is 18.0. The SMILES string of the molecule is Cc1ccc(CCC(=O)Nc2nc3ccc(S(C)(=O)=O)cc3s2)cc1. The topological polar surface area (TPSA) is 76.1 Å². The van der Waals surface area contributed by atoms with Gasteiger partial charge in [-0.25, -0.2) is 13.4 Å². The Kier molecular flexibility index (Phi) is 4.87. The summed E-state index contributed by atoms with van der Waals surface area (Å²) in [6.07, 6.45) is 2.20. The average molecular weight is 374 g/mol. The molecule has 0 unspecified atom stereocenters. The van der Waals surface area contributed by atoms with Gasteiger partial charge in [-0.15, -0.1) is 0 Å². The predicted octanol–water partition coefficient (Wildman–Crippen LogP) is 3.58. The number of amides is 1. The summed E-state index contributed by atoms with van der Waals surface area (Å²) in [5, 5.41) is 3.27. The molecule has 5 nitrogen and oxygen atoms in total. The summed E-state index contributed by atoms with van der Waals surface area (Å²) in [5.74, 6) is -0.108. The molecule has 0 saturated heterocycles. The van der Waals surface area contributed by atoms with E-state index in [-0.39, 0.29) is 10.8 Å². The van der Waals surface area contributed by atoms with E-state index in [0.29, 0.717) is 23.5 Å². The van der Waals surface area contributed by atoms with Gasteiger partial charge in [0.1, 0.15) is 0 Å². The second-order valence-electron chi connectivity index (χ2n) is 5.95. The summed E-state index contributed by atoms with van der Waals surface area (Å²) in [4.78, 5) is 16.7. The van der Waals surface area contributed by atoms with Gasteiger partial charge in [-0.05, 0) is 37.1 Å². The molecule has 0 aliphatic carbocycles. The van der Waals surface area contributed by atoms with Gasteiger partial charge in [0.2, 0.25) is 5.91 Å². The minimum atomic E-state index is -3.26. The molecule has 0 fully saturated rings. The van der Waals surface area contributed by atoms with Crippen LogP contribution in [0, 0.1) is 6.92 Å². The van der Waals surface area contributed by atoms with E-state index < -0.39 is 9.84 Å². The number of aromatic nitrogens is 1. The number of nitrogens with zero attached hydrogens (tertiary/aromatic N) is 1. The number of benzene rings is 2. The molecule has 0 bridgehead atoms. The maximum atomic E-state index is 12.1. The molecule has 0 aliphatic heterocycles. The Bertz CT molecular complexity index is 1020. The van der Waals surface area contributed by atoms with Crippen molar-refractivity contribution in [3.05, 3.63) is 53.6 Å².